The van der Waals surface area contributed by atoms with Gasteiger partial charge in [0.25, 0.3) is 5.91 Å². The fraction of sp³-hybridized carbons (Fsp3) is 0.333. The summed E-state index contributed by atoms with van der Waals surface area (Å²) in [5.41, 5.74) is 0.693. The zero-order chi connectivity index (χ0) is 21.0. The molecule has 154 valence electrons. The molecule has 0 saturated heterocycles. The van der Waals surface area contributed by atoms with Gasteiger partial charge >= 0.3 is 0 Å². The molecule has 3 rings (SSSR count). The third-order valence-corrected chi connectivity index (χ3v) is 5.50. The molecule has 2 aromatic rings. The summed E-state index contributed by atoms with van der Waals surface area (Å²) >= 11 is 1.26. The van der Waals surface area contributed by atoms with Gasteiger partial charge in [-0.05, 0) is 36.1 Å². The molecule has 0 spiro atoms. The molecule has 0 saturated carbocycles. The van der Waals surface area contributed by atoms with Crippen LogP contribution in [0.5, 0.6) is 11.5 Å². The van der Waals surface area contributed by atoms with Crippen LogP contribution < -0.4 is 9.47 Å². The van der Waals surface area contributed by atoms with Gasteiger partial charge in [0, 0.05) is 13.7 Å². The molecule has 1 aromatic carbocycles. The van der Waals surface area contributed by atoms with Crippen LogP contribution in [-0.2, 0) is 9.53 Å². The van der Waals surface area contributed by atoms with E-state index in [9.17, 15) is 14.7 Å². The van der Waals surface area contributed by atoms with Crippen molar-refractivity contribution in [1.82, 2.24) is 4.90 Å². The van der Waals surface area contributed by atoms with E-state index in [1.807, 2.05) is 6.92 Å². The van der Waals surface area contributed by atoms with E-state index in [1.165, 1.54) is 30.5 Å². The van der Waals surface area contributed by atoms with Gasteiger partial charge in [0.2, 0.25) is 5.78 Å². The monoisotopic (exact) mass is 417 g/mol. The SMILES string of the molecule is CCOc1ccc(C2C(C(=O)c3cccs3)=C(O)C(=O)N2CCOC)cc1OC. The number of nitrogens with zero attached hydrogens (tertiary/aromatic N) is 1. The van der Waals surface area contributed by atoms with Crippen molar-refractivity contribution < 1.29 is 28.9 Å². The van der Waals surface area contributed by atoms with Crippen LogP contribution in [0.3, 0.4) is 0 Å². The Labute approximate surface area is 173 Å². The maximum absolute atomic E-state index is 13.1. The van der Waals surface area contributed by atoms with Crippen LogP contribution in [0.1, 0.15) is 28.2 Å². The number of aliphatic hydroxyl groups excluding tert-OH is 1. The molecule has 29 heavy (non-hydrogen) atoms. The van der Waals surface area contributed by atoms with Gasteiger partial charge in [0.1, 0.15) is 0 Å². The molecule has 0 radical (unpaired) electrons. The molecule has 1 amide bonds. The highest BCUT2D eigenvalue weighted by Crippen LogP contribution is 2.41. The number of hydrogen-bond donors (Lipinski definition) is 1. The maximum Gasteiger partial charge on any atom is 0.290 e. The van der Waals surface area contributed by atoms with Crippen LogP contribution in [0.4, 0.5) is 0 Å². The summed E-state index contributed by atoms with van der Waals surface area (Å²) in [6, 6.07) is 7.90. The average Bonchev–Trinajstić information content (AvgIpc) is 3.35. The van der Waals surface area contributed by atoms with Crippen LogP contribution in [0.2, 0.25) is 0 Å². The predicted octanol–water partition coefficient (Wildman–Crippen LogP) is 3.38. The van der Waals surface area contributed by atoms with Crippen molar-refractivity contribution in [2.75, 3.05) is 34.0 Å². The van der Waals surface area contributed by atoms with E-state index in [0.717, 1.165) is 0 Å². The standard InChI is InChI=1S/C21H23NO6S/c1-4-28-14-8-7-13(12-15(14)27-3)18-17(19(23)16-6-5-11-29-16)20(24)21(25)22(18)9-10-26-2/h5-8,11-12,18,24H,4,9-10H2,1-3H3. The number of ketones is 1. The second kappa shape index (κ2) is 9.11. The minimum atomic E-state index is -0.753. The van der Waals surface area contributed by atoms with Crippen LogP contribution in [-0.4, -0.2) is 55.7 Å². The highest BCUT2D eigenvalue weighted by Gasteiger charge is 2.44. The Morgan fingerprint density at radius 2 is 2.03 bits per heavy atom. The molecule has 0 aliphatic carbocycles. The number of benzene rings is 1. The van der Waals surface area contributed by atoms with E-state index < -0.39 is 17.7 Å². The van der Waals surface area contributed by atoms with Gasteiger partial charge in [-0.25, -0.2) is 0 Å². The Hall–Kier alpha value is -2.84. The number of amides is 1. The third-order valence-electron chi connectivity index (χ3n) is 4.63. The van der Waals surface area contributed by atoms with Crippen molar-refractivity contribution in [2.45, 2.75) is 13.0 Å². The second-order valence-electron chi connectivity index (χ2n) is 6.31. The Morgan fingerprint density at radius 1 is 1.24 bits per heavy atom. The van der Waals surface area contributed by atoms with Gasteiger partial charge in [-0.15, -0.1) is 11.3 Å². The molecule has 1 aromatic heterocycles. The highest BCUT2D eigenvalue weighted by molar-refractivity contribution is 7.12. The van der Waals surface area contributed by atoms with Crippen molar-refractivity contribution in [2.24, 2.45) is 0 Å². The second-order valence-corrected chi connectivity index (χ2v) is 7.25. The summed E-state index contributed by atoms with van der Waals surface area (Å²) in [6.07, 6.45) is 0. The molecular formula is C21H23NO6S. The molecule has 1 aliphatic heterocycles. The van der Waals surface area contributed by atoms with Gasteiger partial charge in [0.05, 0.1) is 36.8 Å². The van der Waals surface area contributed by atoms with Gasteiger partial charge < -0.3 is 24.2 Å². The summed E-state index contributed by atoms with van der Waals surface area (Å²) in [5, 5.41) is 12.3. The maximum atomic E-state index is 13.1. The van der Waals surface area contributed by atoms with E-state index in [4.69, 9.17) is 14.2 Å². The van der Waals surface area contributed by atoms with Gasteiger partial charge in [-0.1, -0.05) is 12.1 Å². The number of methoxy groups -OCH3 is 2. The van der Waals surface area contributed by atoms with E-state index in [-0.39, 0.29) is 24.5 Å². The number of rotatable bonds is 9. The van der Waals surface area contributed by atoms with Crippen molar-refractivity contribution >= 4 is 23.0 Å². The highest BCUT2D eigenvalue weighted by atomic mass is 32.1. The van der Waals surface area contributed by atoms with E-state index in [1.54, 1.807) is 35.7 Å². The summed E-state index contributed by atoms with van der Waals surface area (Å²) in [6.45, 7) is 2.83. The average molecular weight is 417 g/mol. The predicted molar refractivity (Wildman–Crippen MR) is 109 cm³/mol. The zero-order valence-electron chi connectivity index (χ0n) is 16.5. The topological polar surface area (TPSA) is 85.3 Å². The van der Waals surface area contributed by atoms with Crippen LogP contribution in [0.15, 0.2) is 47.0 Å². The minimum absolute atomic E-state index is 0.0553. The Morgan fingerprint density at radius 3 is 2.66 bits per heavy atom. The quantitative estimate of drug-likeness (QED) is 0.630. The van der Waals surface area contributed by atoms with Crippen molar-refractivity contribution in [3.63, 3.8) is 0 Å². The summed E-state index contributed by atoms with van der Waals surface area (Å²) < 4.78 is 16.1. The third kappa shape index (κ3) is 3.99. The molecule has 0 bridgehead atoms. The van der Waals surface area contributed by atoms with E-state index in [2.05, 4.69) is 0 Å². The molecule has 1 atom stereocenters. The first kappa shape index (κ1) is 20.9. The normalized spacial score (nSPS) is 16.4. The molecule has 0 fully saturated rings. The number of carbonyl (C=O) groups excluding carboxylic acids is 2. The molecule has 8 heteroatoms. The lowest BCUT2D eigenvalue weighted by atomic mass is 9.95. The fourth-order valence-electron chi connectivity index (χ4n) is 3.32. The van der Waals surface area contributed by atoms with Crippen molar-refractivity contribution in [3.8, 4) is 11.5 Å². The first-order valence-electron chi connectivity index (χ1n) is 9.15. The molecular weight excluding hydrogens is 394 g/mol. The lowest BCUT2D eigenvalue weighted by Crippen LogP contribution is -2.34. The van der Waals surface area contributed by atoms with Crippen LogP contribution in [0, 0.1) is 0 Å². The lowest BCUT2D eigenvalue weighted by Gasteiger charge is -2.27. The molecule has 1 unspecified atom stereocenters. The number of aliphatic hydroxyl groups is 1. The smallest absolute Gasteiger partial charge is 0.290 e. The van der Waals surface area contributed by atoms with Crippen LogP contribution in [0.25, 0.3) is 0 Å². The number of thiophene rings is 1. The Balaban J connectivity index is 2.09. The van der Waals surface area contributed by atoms with Crippen molar-refractivity contribution in [3.05, 3.63) is 57.5 Å². The molecule has 1 aliphatic rings. The summed E-state index contributed by atoms with van der Waals surface area (Å²) in [7, 11) is 3.05. The first-order chi connectivity index (χ1) is 14.0. The zero-order valence-corrected chi connectivity index (χ0v) is 17.3. The van der Waals surface area contributed by atoms with Gasteiger partial charge in [-0.2, -0.15) is 0 Å². The lowest BCUT2D eigenvalue weighted by molar-refractivity contribution is -0.130. The number of hydrogen-bond acceptors (Lipinski definition) is 7. The fourth-order valence-corrected chi connectivity index (χ4v) is 4.00. The van der Waals surface area contributed by atoms with Gasteiger partial charge in [0.15, 0.2) is 17.3 Å². The number of ether oxygens (including phenoxy) is 3. The van der Waals surface area contributed by atoms with Crippen LogP contribution >= 0.6 is 11.3 Å². The summed E-state index contributed by atoms with van der Waals surface area (Å²) in [5.74, 6) is -0.454. The summed E-state index contributed by atoms with van der Waals surface area (Å²) in [4.78, 5) is 27.8. The van der Waals surface area contributed by atoms with E-state index in [0.29, 0.717) is 28.5 Å². The molecule has 2 heterocycles. The molecule has 1 N–H and O–H groups in total. The first-order valence-corrected chi connectivity index (χ1v) is 10.0. The van der Waals surface area contributed by atoms with Crippen molar-refractivity contribution in [1.29, 1.82) is 0 Å². The number of Topliss-reactive ketones (excluding diaryl/α,β-unsaturated/α-hetero) is 1. The molecule has 7 nitrogen and oxygen atoms in total. The van der Waals surface area contributed by atoms with E-state index >= 15 is 0 Å². The number of carbonyl (C=O) groups is 2. The largest absolute Gasteiger partial charge is 0.503 e. The Kier molecular flexibility index (Phi) is 6.56. The minimum Gasteiger partial charge on any atom is -0.503 e. The Bertz CT molecular complexity index is 921. The van der Waals surface area contributed by atoms with Gasteiger partial charge in [-0.3, -0.25) is 9.59 Å².